The molecule has 0 aliphatic rings. The molecule has 0 heterocycles. The zero-order valence-corrected chi connectivity index (χ0v) is 27.3. The van der Waals surface area contributed by atoms with E-state index in [-0.39, 0.29) is 0 Å². The predicted octanol–water partition coefficient (Wildman–Crippen LogP) is 1.28. The third kappa shape index (κ3) is 40.7. The predicted molar refractivity (Wildman–Crippen MR) is 210 cm³/mol. The molecule has 0 bridgehead atoms. The van der Waals surface area contributed by atoms with Crippen molar-refractivity contribution in [2.45, 2.75) is 6.92 Å². The van der Waals surface area contributed by atoms with E-state index in [1.807, 2.05) is 0 Å². The Morgan fingerprint density at radius 1 is 0.189 bits per heavy atom. The zero-order valence-electron chi connectivity index (χ0n) is 27.3. The van der Waals surface area contributed by atoms with E-state index in [1.54, 1.807) is 6.92 Å². The molecule has 0 aromatic rings. The van der Waals surface area contributed by atoms with Crippen molar-refractivity contribution in [3.63, 3.8) is 0 Å². The summed E-state index contributed by atoms with van der Waals surface area (Å²) in [6, 6.07) is 0. The Bertz CT molecular complexity index is 3210. The summed E-state index contributed by atoms with van der Waals surface area (Å²) in [6.45, 7) is 5.13. The fraction of sp³-hybridized carbons (Fsp3) is 0.0189. The Morgan fingerprint density at radius 2 is 0.302 bits per heavy atom. The number of hydrogen-bond acceptors (Lipinski definition) is 0. The van der Waals surface area contributed by atoms with Crippen LogP contribution in [0.5, 0.6) is 0 Å². The van der Waals surface area contributed by atoms with E-state index in [0.29, 0.717) is 0 Å². The van der Waals surface area contributed by atoms with Crippen LogP contribution in [0, 0.1) is 296 Å². The van der Waals surface area contributed by atoms with Gasteiger partial charge in [0.2, 0.25) is 0 Å². The van der Waals surface area contributed by atoms with Crippen molar-refractivity contribution < 1.29 is 0 Å². The summed E-state index contributed by atoms with van der Waals surface area (Å²) in [5.74, 6) is 125. The van der Waals surface area contributed by atoms with E-state index >= 15 is 0 Å². The maximum atomic E-state index is 3.44. The normalized spacial score (nSPS) is 4.02. The first-order valence-electron chi connectivity index (χ1n) is 13.4. The molecule has 0 N–H and O–H groups in total. The average Bonchev–Trinajstić information content (AvgIpc) is 3.17. The molecule has 0 heteroatoms. The first-order chi connectivity index (χ1) is 26.4. The van der Waals surface area contributed by atoms with Gasteiger partial charge in [0.25, 0.3) is 0 Å². The van der Waals surface area contributed by atoms with Crippen molar-refractivity contribution in [1.29, 1.82) is 0 Å². The van der Waals surface area contributed by atoms with Gasteiger partial charge in [-0.2, -0.15) is 0 Å². The highest BCUT2D eigenvalue weighted by atomic mass is 13.6. The average molecular weight is 643 g/mol. The Morgan fingerprint density at radius 3 is 0.415 bits per heavy atom. The highest BCUT2D eigenvalue weighted by Gasteiger charge is 1.62. The highest BCUT2D eigenvalue weighted by Crippen LogP contribution is 1.62. The molecule has 53 heavy (non-hydrogen) atoms. The maximum Gasteiger partial charge on any atom is 0 e. The summed E-state index contributed by atoms with van der Waals surface area (Å²) in [7, 11) is 0. The molecule has 0 saturated carbocycles. The van der Waals surface area contributed by atoms with Crippen molar-refractivity contribution in [2.75, 3.05) is 0 Å². The molecule has 0 aromatic heterocycles. The third-order valence-corrected chi connectivity index (χ3v) is 3.24. The molecular weight excluding hydrogens is 637 g/mol. The topological polar surface area (TPSA) is 0 Å². The van der Waals surface area contributed by atoms with E-state index in [4.69, 9.17) is 0 Å². The van der Waals surface area contributed by atoms with Crippen LogP contribution in [0.2, 0.25) is 0 Å². The highest BCUT2D eigenvalue weighted by molar-refractivity contribution is 5.51. The maximum absolute atomic E-state index is 3.44. The molecule has 0 radical (unpaired) electrons. The first kappa shape index (κ1) is 41.7. The molecular formula is C53H6. The first-order valence-corrected chi connectivity index (χ1v) is 13.4. The van der Waals surface area contributed by atoms with Gasteiger partial charge in [-0.3, -0.25) is 0 Å². The summed E-state index contributed by atoms with van der Waals surface area (Å²) in [5.41, 5.74) is 0. The lowest BCUT2D eigenvalue weighted by Gasteiger charge is -1.57. The minimum absolute atomic E-state index is 1.44. The molecule has 0 aliphatic carbocycles. The fourth-order valence-corrected chi connectivity index (χ4v) is 1.59. The molecule has 218 valence electrons. The van der Waals surface area contributed by atoms with Crippen LogP contribution in [0.4, 0.5) is 0 Å². The second-order valence-electron chi connectivity index (χ2n) is 6.60. The van der Waals surface area contributed by atoms with Gasteiger partial charge in [-0.15, -0.1) is 0 Å². The van der Waals surface area contributed by atoms with Crippen LogP contribution in [0.1, 0.15) is 6.92 Å². The number of allylic oxidation sites excluding steroid dienone is 1. The van der Waals surface area contributed by atoms with Gasteiger partial charge in [-0.1, -0.05) is 18.4 Å². The molecule has 0 aromatic carbocycles. The lowest BCUT2D eigenvalue weighted by Crippen LogP contribution is -1.57. The van der Waals surface area contributed by atoms with Gasteiger partial charge in [0, 0.05) is 189 Å². The van der Waals surface area contributed by atoms with Crippen LogP contribution in [-0.2, 0) is 0 Å². The monoisotopic (exact) mass is 642 g/mol. The van der Waals surface area contributed by atoms with Crippen LogP contribution < -0.4 is 0 Å². The van der Waals surface area contributed by atoms with Crippen molar-refractivity contribution in [1.82, 2.24) is 0 Å². The van der Waals surface area contributed by atoms with Crippen molar-refractivity contribution >= 4 is 0 Å². The van der Waals surface area contributed by atoms with E-state index in [2.05, 4.69) is 303 Å². The van der Waals surface area contributed by atoms with Gasteiger partial charge < -0.3 is 0 Å². The SMILES string of the molecule is C=CC#CC#CC#CC#CC#CC#CC#CC#CC#CC#CC#CC#CC#CC#CC#CC#CC#CC#CC#CC#CC#CC#CC#CC#CC#CC. The summed E-state index contributed by atoms with van der Waals surface area (Å²) < 4.78 is 0. The second kappa shape index (κ2) is 40.7. The molecule has 0 aliphatic heterocycles. The third-order valence-electron chi connectivity index (χ3n) is 3.24. The van der Waals surface area contributed by atoms with Crippen LogP contribution >= 0.6 is 0 Å². The van der Waals surface area contributed by atoms with Crippen molar-refractivity contribution in [3.8, 4) is 296 Å². The molecule has 0 nitrogen and oxygen atoms in total. The Balaban J connectivity index is 4.57. The quantitative estimate of drug-likeness (QED) is 0.350. The summed E-state index contributed by atoms with van der Waals surface area (Å²) in [4.78, 5) is 0. The van der Waals surface area contributed by atoms with Crippen LogP contribution in [0.3, 0.4) is 0 Å². The molecule has 0 atom stereocenters. The van der Waals surface area contributed by atoms with Crippen LogP contribution in [0.25, 0.3) is 0 Å². The Labute approximate surface area is 314 Å². The van der Waals surface area contributed by atoms with Gasteiger partial charge in [0.1, 0.15) is 0 Å². The van der Waals surface area contributed by atoms with E-state index in [9.17, 15) is 0 Å². The second-order valence-corrected chi connectivity index (χ2v) is 6.60. The van der Waals surface area contributed by atoms with Crippen LogP contribution in [-0.4, -0.2) is 0 Å². The minimum Gasteiger partial charge on any atom is -0.0925 e. The summed E-state index contributed by atoms with van der Waals surface area (Å²) in [5, 5.41) is 0. The zero-order chi connectivity index (χ0) is 38.1. The molecule has 0 amide bonds. The van der Waals surface area contributed by atoms with Crippen LogP contribution in [0.15, 0.2) is 12.7 Å². The smallest absolute Gasteiger partial charge is 0 e. The summed E-state index contributed by atoms with van der Waals surface area (Å²) >= 11 is 0. The van der Waals surface area contributed by atoms with Gasteiger partial charge >= 0.3 is 0 Å². The van der Waals surface area contributed by atoms with E-state index in [0.717, 1.165) is 0 Å². The minimum atomic E-state index is 1.44. The Kier molecular flexibility index (Phi) is 32.1. The Hall–Kier alpha value is -11.3. The molecule has 0 saturated heterocycles. The van der Waals surface area contributed by atoms with Gasteiger partial charge in [-0.05, 0) is 108 Å². The van der Waals surface area contributed by atoms with Gasteiger partial charge in [0.15, 0.2) is 0 Å². The van der Waals surface area contributed by atoms with E-state index < -0.39 is 0 Å². The number of hydrogen-bond donors (Lipinski definition) is 0. The van der Waals surface area contributed by atoms with Crippen molar-refractivity contribution in [2.24, 2.45) is 0 Å². The van der Waals surface area contributed by atoms with E-state index in [1.165, 1.54) is 6.08 Å². The van der Waals surface area contributed by atoms with Gasteiger partial charge in [-0.25, -0.2) is 0 Å². The van der Waals surface area contributed by atoms with Gasteiger partial charge in [0.05, 0.1) is 0 Å². The van der Waals surface area contributed by atoms with Crippen molar-refractivity contribution in [3.05, 3.63) is 12.7 Å². The lowest BCUT2D eigenvalue weighted by molar-refractivity contribution is 1.92. The standard InChI is InChI=1S/C53H6/c1-3-5-7-9-11-13-15-17-19-21-23-25-27-29-31-33-35-37-39-41-43-45-47-49-51-53-52-50-48-46-44-42-40-38-36-34-32-30-28-26-24-22-20-18-16-14-12-10-8-6-4-2/h3H,1H2,2H3. The molecule has 0 rings (SSSR count). The largest absolute Gasteiger partial charge is 0.0925 e. The molecule has 0 spiro atoms. The molecule has 0 fully saturated rings. The summed E-state index contributed by atoms with van der Waals surface area (Å²) in [6.07, 6.45) is 1.44. The number of rotatable bonds is 0. The fourth-order valence-electron chi connectivity index (χ4n) is 1.59. The molecule has 0 unspecified atom stereocenters. The lowest BCUT2D eigenvalue weighted by atomic mass is 10.4.